The van der Waals surface area contributed by atoms with Crippen molar-refractivity contribution < 1.29 is 8.42 Å². The molecule has 0 bridgehead atoms. The third-order valence-electron chi connectivity index (χ3n) is 2.77. The fourth-order valence-electron chi connectivity index (χ4n) is 1.83. The molecule has 0 aliphatic heterocycles. The Balaban J connectivity index is 2.61. The minimum absolute atomic E-state index is 0.0635. The van der Waals surface area contributed by atoms with Gasteiger partial charge in [-0.2, -0.15) is 0 Å². The molecule has 1 aromatic carbocycles. The third kappa shape index (κ3) is 3.26. The molecule has 21 heavy (non-hydrogen) atoms. The molecule has 0 aliphatic carbocycles. The Hall–Kier alpha value is -1.01. The van der Waals surface area contributed by atoms with Gasteiger partial charge in [0.25, 0.3) is 10.0 Å². The highest BCUT2D eigenvalue weighted by molar-refractivity contribution is 7.93. The van der Waals surface area contributed by atoms with E-state index in [1.807, 2.05) is 0 Å². The van der Waals surface area contributed by atoms with Crippen molar-refractivity contribution in [2.45, 2.75) is 11.8 Å². The lowest BCUT2D eigenvalue weighted by atomic mass is 10.4. The molecule has 112 valence electrons. The molecular weight excluding hydrogens is 355 g/mol. The zero-order chi connectivity index (χ0) is 15.6. The molecule has 0 aliphatic rings. The predicted molar refractivity (Wildman–Crippen MR) is 85.9 cm³/mol. The summed E-state index contributed by atoms with van der Waals surface area (Å²) in [7, 11) is -3.88. The average Bonchev–Trinajstić information content (AvgIpc) is 2.44. The number of aromatic nitrogens is 1. The van der Waals surface area contributed by atoms with Crippen LogP contribution in [0.15, 0.2) is 41.6 Å². The first-order valence-electron chi connectivity index (χ1n) is 5.95. The number of sulfonamides is 1. The van der Waals surface area contributed by atoms with Gasteiger partial charge in [0.1, 0.15) is 4.90 Å². The maximum atomic E-state index is 12.8. The van der Waals surface area contributed by atoms with Crippen molar-refractivity contribution in [2.24, 2.45) is 0 Å². The fraction of sp³-hybridized carbons (Fsp3) is 0.154. The monoisotopic (exact) mass is 364 g/mol. The first kappa shape index (κ1) is 16.4. The van der Waals surface area contributed by atoms with Crippen LogP contribution in [0.3, 0.4) is 0 Å². The van der Waals surface area contributed by atoms with Crippen molar-refractivity contribution in [2.75, 3.05) is 10.8 Å². The summed E-state index contributed by atoms with van der Waals surface area (Å²) in [6.07, 6.45) is 2.85. The highest BCUT2D eigenvalue weighted by atomic mass is 35.5. The Labute approximate surface area is 138 Å². The highest BCUT2D eigenvalue weighted by Gasteiger charge is 2.27. The van der Waals surface area contributed by atoms with Crippen LogP contribution in [0.5, 0.6) is 0 Å². The standard InChI is InChI=1S/C13H11Cl3N2O2S/c1-2-18(12-5-6-17-8-11(12)16)21(19,20)13-7-9(14)3-4-10(13)15/h3-8H,2H2,1H3. The van der Waals surface area contributed by atoms with Crippen molar-refractivity contribution in [3.63, 3.8) is 0 Å². The van der Waals surface area contributed by atoms with Gasteiger partial charge in [0, 0.05) is 24.0 Å². The third-order valence-corrected chi connectivity index (χ3v) is 5.66. The number of nitrogens with zero attached hydrogens (tertiary/aromatic N) is 2. The van der Waals surface area contributed by atoms with Crippen LogP contribution in [0.1, 0.15) is 6.92 Å². The molecule has 1 aromatic heterocycles. The van der Waals surface area contributed by atoms with Gasteiger partial charge in [-0.3, -0.25) is 9.29 Å². The first-order valence-corrected chi connectivity index (χ1v) is 8.52. The topological polar surface area (TPSA) is 50.3 Å². The van der Waals surface area contributed by atoms with Crippen LogP contribution in [0, 0.1) is 0 Å². The molecular formula is C13H11Cl3N2O2S. The molecule has 0 unspecified atom stereocenters. The van der Waals surface area contributed by atoms with E-state index in [2.05, 4.69) is 4.98 Å². The van der Waals surface area contributed by atoms with Gasteiger partial charge < -0.3 is 0 Å². The highest BCUT2D eigenvalue weighted by Crippen LogP contribution is 2.33. The number of rotatable bonds is 4. The molecule has 0 saturated heterocycles. The van der Waals surface area contributed by atoms with Gasteiger partial charge in [0.15, 0.2) is 0 Å². The fourth-order valence-corrected chi connectivity index (χ4v) is 4.34. The number of pyridine rings is 1. The largest absolute Gasteiger partial charge is 0.265 e. The van der Waals surface area contributed by atoms with Crippen LogP contribution in [-0.2, 0) is 10.0 Å². The summed E-state index contributed by atoms with van der Waals surface area (Å²) in [6.45, 7) is 1.89. The van der Waals surface area contributed by atoms with Crippen LogP contribution in [-0.4, -0.2) is 19.9 Å². The van der Waals surface area contributed by atoms with Gasteiger partial charge in [0.05, 0.1) is 15.7 Å². The molecule has 0 fully saturated rings. The van der Waals surface area contributed by atoms with Gasteiger partial charge in [-0.1, -0.05) is 34.8 Å². The molecule has 1 heterocycles. The van der Waals surface area contributed by atoms with Crippen LogP contribution in [0.4, 0.5) is 5.69 Å². The van der Waals surface area contributed by atoms with E-state index >= 15 is 0 Å². The minimum atomic E-state index is -3.88. The quantitative estimate of drug-likeness (QED) is 0.813. The normalized spacial score (nSPS) is 11.4. The lowest BCUT2D eigenvalue weighted by Gasteiger charge is -2.24. The number of hydrogen-bond acceptors (Lipinski definition) is 3. The maximum absolute atomic E-state index is 12.8. The van der Waals surface area contributed by atoms with Gasteiger partial charge in [-0.25, -0.2) is 8.42 Å². The van der Waals surface area contributed by atoms with Gasteiger partial charge in [-0.15, -0.1) is 0 Å². The molecule has 0 N–H and O–H groups in total. The van der Waals surface area contributed by atoms with Crippen LogP contribution >= 0.6 is 34.8 Å². The Morgan fingerprint density at radius 1 is 1.14 bits per heavy atom. The molecule has 2 rings (SSSR count). The Bertz CT molecular complexity index is 766. The number of halogens is 3. The lowest BCUT2D eigenvalue weighted by molar-refractivity contribution is 0.592. The molecule has 0 atom stereocenters. The van der Waals surface area contributed by atoms with E-state index in [9.17, 15) is 8.42 Å². The number of anilines is 1. The first-order chi connectivity index (χ1) is 9.87. The minimum Gasteiger partial charge on any atom is -0.265 e. The van der Waals surface area contributed by atoms with Crippen molar-refractivity contribution in [3.8, 4) is 0 Å². The summed E-state index contributed by atoms with van der Waals surface area (Å²) in [5.41, 5.74) is 0.338. The summed E-state index contributed by atoms with van der Waals surface area (Å²) in [4.78, 5) is 3.78. The molecule has 2 aromatic rings. The molecule has 0 saturated carbocycles. The zero-order valence-electron chi connectivity index (χ0n) is 10.9. The number of benzene rings is 1. The Kier molecular flexibility index (Phi) is 4.99. The van der Waals surface area contributed by atoms with Crippen molar-refractivity contribution in [1.82, 2.24) is 4.98 Å². The molecule has 0 amide bonds. The molecule has 0 radical (unpaired) electrons. The van der Waals surface area contributed by atoms with Crippen molar-refractivity contribution >= 4 is 50.5 Å². The summed E-state index contributed by atoms with van der Waals surface area (Å²) in [5.74, 6) is 0. The van der Waals surface area contributed by atoms with Gasteiger partial charge in [-0.05, 0) is 31.2 Å². The SMILES string of the molecule is CCN(c1ccncc1Cl)S(=O)(=O)c1cc(Cl)ccc1Cl. The Morgan fingerprint density at radius 3 is 2.48 bits per heavy atom. The lowest BCUT2D eigenvalue weighted by Crippen LogP contribution is -2.31. The van der Waals surface area contributed by atoms with E-state index in [0.717, 1.165) is 4.31 Å². The maximum Gasteiger partial charge on any atom is 0.265 e. The molecule has 8 heteroatoms. The van der Waals surface area contributed by atoms with E-state index in [4.69, 9.17) is 34.8 Å². The summed E-state index contributed by atoms with van der Waals surface area (Å²) < 4.78 is 26.7. The summed E-state index contributed by atoms with van der Waals surface area (Å²) in [5, 5.41) is 0.624. The van der Waals surface area contributed by atoms with Crippen molar-refractivity contribution in [3.05, 3.63) is 51.7 Å². The smallest absolute Gasteiger partial charge is 0.265 e. The molecule has 4 nitrogen and oxygen atoms in total. The van der Waals surface area contributed by atoms with Crippen LogP contribution in [0.2, 0.25) is 15.1 Å². The average molecular weight is 366 g/mol. The second-order valence-corrected chi connectivity index (χ2v) is 7.15. The zero-order valence-corrected chi connectivity index (χ0v) is 14.0. The second-order valence-electron chi connectivity index (χ2n) is 4.07. The van der Waals surface area contributed by atoms with Crippen molar-refractivity contribution in [1.29, 1.82) is 0 Å². The summed E-state index contributed by atoms with van der Waals surface area (Å²) >= 11 is 17.9. The van der Waals surface area contributed by atoms with E-state index in [1.165, 1.54) is 36.7 Å². The van der Waals surface area contributed by atoms with Gasteiger partial charge >= 0.3 is 0 Å². The number of hydrogen-bond donors (Lipinski definition) is 0. The molecule has 0 spiro atoms. The van der Waals surface area contributed by atoms with E-state index in [-0.39, 0.29) is 26.5 Å². The van der Waals surface area contributed by atoms with Crippen LogP contribution in [0.25, 0.3) is 0 Å². The van der Waals surface area contributed by atoms with Crippen LogP contribution < -0.4 is 4.31 Å². The second kappa shape index (κ2) is 6.40. The van der Waals surface area contributed by atoms with E-state index in [1.54, 1.807) is 6.92 Å². The van der Waals surface area contributed by atoms with E-state index < -0.39 is 10.0 Å². The predicted octanol–water partition coefficient (Wildman–Crippen LogP) is 4.26. The van der Waals surface area contributed by atoms with Gasteiger partial charge in [0.2, 0.25) is 0 Å². The van der Waals surface area contributed by atoms with E-state index in [0.29, 0.717) is 5.69 Å². The summed E-state index contributed by atoms with van der Waals surface area (Å²) in [6, 6.07) is 5.82. The Morgan fingerprint density at radius 2 is 1.86 bits per heavy atom.